The Labute approximate surface area is 68.7 Å². The quantitative estimate of drug-likeness (QED) is 0.179. The van der Waals surface area contributed by atoms with Crippen LogP contribution in [0.4, 0.5) is 0 Å². The van der Waals surface area contributed by atoms with Gasteiger partial charge in [0.25, 0.3) is 0 Å². The minimum atomic E-state index is -0.977. The topological polar surface area (TPSA) is 89.0 Å². The van der Waals surface area contributed by atoms with Gasteiger partial charge >= 0.3 is 17.8 Å². The average Bonchev–Trinajstić information content (AvgIpc) is 2.00. The van der Waals surface area contributed by atoms with Crippen molar-refractivity contribution in [3.05, 3.63) is 5.53 Å². The summed E-state index contributed by atoms with van der Waals surface area (Å²) in [7, 11) is 0. The summed E-state index contributed by atoms with van der Waals surface area (Å²) in [5.74, 6) is -2.49. The standard InChI is InChI=1S/C6H8N2O4/c1-3-11-6(10)5(8-7)12-4(2)9/h3H2,1-2H3. The number of hydrogen-bond donors (Lipinski definition) is 0. The predicted octanol–water partition coefficient (Wildman–Crippen LogP) is -0.259. The number of rotatable bonds is 1. The van der Waals surface area contributed by atoms with Crippen LogP contribution >= 0.6 is 0 Å². The Hall–Kier alpha value is -1.68. The van der Waals surface area contributed by atoms with Crippen molar-refractivity contribution in [2.24, 2.45) is 0 Å². The molecule has 0 heterocycles. The SMILES string of the molecule is CCOC(=O)C(=[N+]=[N-])OC(C)=O. The van der Waals surface area contributed by atoms with Crippen molar-refractivity contribution in [2.45, 2.75) is 13.8 Å². The molecule has 12 heavy (non-hydrogen) atoms. The molecule has 0 amide bonds. The lowest BCUT2D eigenvalue weighted by Crippen LogP contribution is -2.23. The maximum Gasteiger partial charge on any atom is 0.569 e. The maximum atomic E-state index is 10.7. The highest BCUT2D eigenvalue weighted by Gasteiger charge is 2.25. The van der Waals surface area contributed by atoms with Crippen LogP contribution in [0.15, 0.2) is 0 Å². The van der Waals surface area contributed by atoms with E-state index in [1.54, 1.807) is 6.92 Å². The molecule has 0 spiro atoms. The molecule has 0 aliphatic carbocycles. The maximum absolute atomic E-state index is 10.7. The van der Waals surface area contributed by atoms with Crippen LogP contribution in [-0.2, 0) is 19.1 Å². The van der Waals surface area contributed by atoms with Crippen molar-refractivity contribution >= 4 is 17.8 Å². The van der Waals surface area contributed by atoms with Gasteiger partial charge in [-0.05, 0) is 6.92 Å². The van der Waals surface area contributed by atoms with Gasteiger partial charge in [-0.15, -0.1) is 4.79 Å². The molecule has 0 radical (unpaired) electrons. The van der Waals surface area contributed by atoms with E-state index in [1.807, 2.05) is 0 Å². The Morgan fingerprint density at radius 3 is 2.42 bits per heavy atom. The Kier molecular flexibility index (Phi) is 4.33. The van der Waals surface area contributed by atoms with Crippen LogP contribution in [0.5, 0.6) is 0 Å². The van der Waals surface area contributed by atoms with Crippen molar-refractivity contribution < 1.29 is 23.9 Å². The highest BCUT2D eigenvalue weighted by molar-refractivity contribution is 6.31. The first-order valence-corrected chi connectivity index (χ1v) is 3.19. The van der Waals surface area contributed by atoms with E-state index in [9.17, 15) is 9.59 Å². The third kappa shape index (κ3) is 3.48. The zero-order valence-electron chi connectivity index (χ0n) is 6.73. The van der Waals surface area contributed by atoms with Crippen LogP contribution < -0.4 is 0 Å². The van der Waals surface area contributed by atoms with Crippen molar-refractivity contribution in [2.75, 3.05) is 6.61 Å². The highest BCUT2D eigenvalue weighted by Crippen LogP contribution is 1.85. The monoisotopic (exact) mass is 172 g/mol. The van der Waals surface area contributed by atoms with E-state index < -0.39 is 17.8 Å². The Bertz CT molecular complexity index is 242. The smallest absolute Gasteiger partial charge is 0.454 e. The fourth-order valence-corrected chi connectivity index (χ4v) is 0.432. The summed E-state index contributed by atoms with van der Waals surface area (Å²) in [5, 5.41) is 0. The Balaban J connectivity index is 4.27. The number of ether oxygens (including phenoxy) is 2. The summed E-state index contributed by atoms with van der Waals surface area (Å²) < 4.78 is 8.59. The van der Waals surface area contributed by atoms with E-state index in [0.29, 0.717) is 0 Å². The second-order valence-electron chi connectivity index (χ2n) is 1.72. The molecule has 0 aliphatic heterocycles. The van der Waals surface area contributed by atoms with E-state index in [1.165, 1.54) is 0 Å². The molecule has 0 unspecified atom stereocenters. The molecule has 0 saturated heterocycles. The van der Waals surface area contributed by atoms with Gasteiger partial charge in [-0.25, -0.2) is 4.79 Å². The molecule has 0 N–H and O–H groups in total. The predicted molar refractivity (Wildman–Crippen MR) is 37.0 cm³/mol. The molecule has 0 aliphatic rings. The third-order valence-electron chi connectivity index (χ3n) is 0.781. The molecule has 66 valence electrons. The summed E-state index contributed by atoms with van der Waals surface area (Å²) in [6, 6.07) is 0. The number of hydrogen-bond acceptors (Lipinski definition) is 4. The molecule has 6 heteroatoms. The fraction of sp³-hybridized carbons (Fsp3) is 0.500. The molecule has 0 rings (SSSR count). The zero-order chi connectivity index (χ0) is 9.56. The normalized spacial score (nSPS) is 8.17. The van der Waals surface area contributed by atoms with Gasteiger partial charge in [-0.3, -0.25) is 4.79 Å². The van der Waals surface area contributed by atoms with Gasteiger partial charge in [0, 0.05) is 6.92 Å². The average molecular weight is 172 g/mol. The first-order chi connectivity index (χ1) is 5.61. The number of esters is 2. The molecule has 6 nitrogen and oxygen atoms in total. The van der Waals surface area contributed by atoms with Gasteiger partial charge in [0.2, 0.25) is 0 Å². The second-order valence-corrected chi connectivity index (χ2v) is 1.72. The molecule has 0 atom stereocenters. The summed E-state index contributed by atoms with van der Waals surface area (Å²) >= 11 is 0. The highest BCUT2D eigenvalue weighted by atomic mass is 16.6. The minimum Gasteiger partial charge on any atom is -0.454 e. The van der Waals surface area contributed by atoms with E-state index in [-0.39, 0.29) is 6.61 Å². The third-order valence-corrected chi connectivity index (χ3v) is 0.781. The minimum absolute atomic E-state index is 0.110. The van der Waals surface area contributed by atoms with Crippen molar-refractivity contribution in [1.29, 1.82) is 0 Å². The first kappa shape index (κ1) is 10.3. The lowest BCUT2D eigenvalue weighted by Gasteiger charge is -1.95. The van der Waals surface area contributed by atoms with E-state index in [2.05, 4.69) is 14.3 Å². The lowest BCUT2D eigenvalue weighted by molar-refractivity contribution is -0.152. The van der Waals surface area contributed by atoms with Crippen LogP contribution in [0.3, 0.4) is 0 Å². The number of carbonyl (C=O) groups is 2. The van der Waals surface area contributed by atoms with E-state index in [0.717, 1.165) is 6.92 Å². The summed E-state index contributed by atoms with van der Waals surface area (Å²) in [6.45, 7) is 2.75. The van der Waals surface area contributed by atoms with Crippen molar-refractivity contribution in [1.82, 2.24) is 0 Å². The lowest BCUT2D eigenvalue weighted by atomic mass is 10.6. The summed E-state index contributed by atoms with van der Waals surface area (Å²) in [5.41, 5.74) is 8.18. The van der Waals surface area contributed by atoms with Gasteiger partial charge < -0.3 is 15.0 Å². The number of carbonyl (C=O) groups excluding carboxylic acids is 2. The molecule has 0 aromatic rings. The van der Waals surface area contributed by atoms with E-state index >= 15 is 0 Å². The molecular weight excluding hydrogens is 164 g/mol. The molecule has 0 saturated carbocycles. The summed E-state index contributed by atoms with van der Waals surface area (Å²) in [6.07, 6.45) is 0. The fourth-order valence-electron chi connectivity index (χ4n) is 0.432. The van der Waals surface area contributed by atoms with E-state index in [4.69, 9.17) is 5.53 Å². The number of nitrogens with zero attached hydrogens (tertiary/aromatic N) is 2. The molecule has 0 bridgehead atoms. The van der Waals surface area contributed by atoms with Gasteiger partial charge in [-0.1, -0.05) is 0 Å². The largest absolute Gasteiger partial charge is 0.569 e. The van der Waals surface area contributed by atoms with Crippen LogP contribution in [0.1, 0.15) is 13.8 Å². The van der Waals surface area contributed by atoms with Gasteiger partial charge in [0.1, 0.15) is 0 Å². The molecule has 0 aromatic heterocycles. The summed E-state index contributed by atoms with van der Waals surface area (Å²) in [4.78, 5) is 23.5. The van der Waals surface area contributed by atoms with Crippen LogP contribution in [0.25, 0.3) is 5.53 Å². The molecule has 0 aromatic carbocycles. The second kappa shape index (κ2) is 5.03. The van der Waals surface area contributed by atoms with Crippen LogP contribution in [0.2, 0.25) is 0 Å². The van der Waals surface area contributed by atoms with Gasteiger partial charge in [0.05, 0.1) is 6.61 Å². The van der Waals surface area contributed by atoms with Crippen LogP contribution in [0, 0.1) is 0 Å². The van der Waals surface area contributed by atoms with Crippen molar-refractivity contribution in [3.63, 3.8) is 0 Å². The zero-order valence-corrected chi connectivity index (χ0v) is 6.73. The van der Waals surface area contributed by atoms with Gasteiger partial charge in [-0.2, -0.15) is 0 Å². The first-order valence-electron chi connectivity index (χ1n) is 3.19. The van der Waals surface area contributed by atoms with Gasteiger partial charge in [0.15, 0.2) is 0 Å². The Morgan fingerprint density at radius 2 is 2.08 bits per heavy atom. The Morgan fingerprint density at radius 1 is 1.50 bits per heavy atom. The molecular formula is C6H8N2O4. The van der Waals surface area contributed by atoms with Crippen molar-refractivity contribution in [3.8, 4) is 0 Å². The molecule has 0 fully saturated rings. The van der Waals surface area contributed by atoms with Crippen LogP contribution in [-0.4, -0.2) is 29.2 Å².